The molecule has 3 rings (SSSR count). The Bertz CT molecular complexity index is 539. The molecule has 0 aromatic carbocycles. The molecule has 0 spiro atoms. The summed E-state index contributed by atoms with van der Waals surface area (Å²) in [7, 11) is -0.175. The summed E-state index contributed by atoms with van der Waals surface area (Å²) in [5.74, 6) is 0. The predicted molar refractivity (Wildman–Crippen MR) is 86.9 cm³/mol. The monoisotopic (exact) mass is 322 g/mol. The zero-order chi connectivity index (χ0) is 16.7. The van der Waals surface area contributed by atoms with Crippen LogP contribution >= 0.6 is 0 Å². The maximum atomic E-state index is 10.5. The van der Waals surface area contributed by atoms with E-state index in [0.29, 0.717) is 18.7 Å². The van der Waals surface area contributed by atoms with Crippen molar-refractivity contribution in [2.45, 2.75) is 70.2 Å². The number of aromatic nitrogens is 3. The lowest BCUT2D eigenvalue weighted by molar-refractivity contribution is 0.00578. The Morgan fingerprint density at radius 2 is 2.00 bits per heavy atom. The third kappa shape index (κ3) is 3.31. The van der Waals surface area contributed by atoms with Crippen LogP contribution in [0.3, 0.4) is 0 Å². The number of aliphatic hydroxyl groups is 1. The molecule has 0 amide bonds. The molecule has 23 heavy (non-hydrogen) atoms. The first kappa shape index (κ1) is 16.9. The van der Waals surface area contributed by atoms with Gasteiger partial charge in [-0.1, -0.05) is 5.21 Å². The van der Waals surface area contributed by atoms with Crippen molar-refractivity contribution in [1.82, 2.24) is 20.3 Å². The van der Waals surface area contributed by atoms with E-state index in [1.165, 1.54) is 0 Å². The fourth-order valence-corrected chi connectivity index (χ4v) is 3.02. The molecule has 0 radical (unpaired) electrons. The lowest BCUT2D eigenvalue weighted by Crippen LogP contribution is -2.41. The van der Waals surface area contributed by atoms with Crippen LogP contribution in [0.1, 0.15) is 46.2 Å². The molecule has 1 aromatic rings. The molecule has 2 aliphatic heterocycles. The predicted octanol–water partition coefficient (Wildman–Crippen LogP) is 0.941. The minimum absolute atomic E-state index is 0.175. The Balaban J connectivity index is 1.50. The van der Waals surface area contributed by atoms with Crippen molar-refractivity contribution in [2.24, 2.45) is 0 Å². The van der Waals surface area contributed by atoms with Crippen LogP contribution in [-0.4, -0.2) is 51.5 Å². The first-order valence-corrected chi connectivity index (χ1v) is 8.41. The molecule has 1 unspecified atom stereocenters. The van der Waals surface area contributed by atoms with E-state index in [1.807, 2.05) is 6.20 Å². The number of β-amino-alcohol motifs (C(OH)–C–C–N with tert-alkyl or cyclic N) is 1. The molecular formula is C15H27BN4O3. The molecular weight excluding hydrogens is 295 g/mol. The molecule has 2 fully saturated rings. The van der Waals surface area contributed by atoms with Gasteiger partial charge in [-0.05, 0) is 53.4 Å². The van der Waals surface area contributed by atoms with Gasteiger partial charge in [0, 0.05) is 13.1 Å². The maximum absolute atomic E-state index is 10.5. The van der Waals surface area contributed by atoms with Crippen LogP contribution in [0.25, 0.3) is 0 Å². The number of rotatable bonds is 5. The van der Waals surface area contributed by atoms with Crippen LogP contribution in [0.4, 0.5) is 0 Å². The van der Waals surface area contributed by atoms with E-state index < -0.39 is 5.60 Å². The topological polar surface area (TPSA) is 81.4 Å². The van der Waals surface area contributed by atoms with Gasteiger partial charge in [0.05, 0.1) is 17.4 Å². The highest BCUT2D eigenvalue weighted by molar-refractivity contribution is 6.45. The minimum Gasteiger partial charge on any atom is -0.403 e. The smallest absolute Gasteiger partial charge is 0.403 e. The molecule has 7 nitrogen and oxygen atoms in total. The zero-order valence-corrected chi connectivity index (χ0v) is 14.5. The normalized spacial score (nSPS) is 29.3. The van der Waals surface area contributed by atoms with Gasteiger partial charge in [-0.25, -0.2) is 0 Å². The molecule has 2 N–H and O–H groups in total. The Morgan fingerprint density at radius 1 is 1.30 bits per heavy atom. The molecule has 3 heterocycles. The SMILES string of the molecule is CC1(C)OB(CCCn2cc(C3(O)CCNC3)nn2)OC1(C)C. The van der Waals surface area contributed by atoms with Gasteiger partial charge in [0.15, 0.2) is 0 Å². The van der Waals surface area contributed by atoms with E-state index in [4.69, 9.17) is 9.31 Å². The highest BCUT2D eigenvalue weighted by atomic mass is 16.7. The third-order valence-corrected chi connectivity index (χ3v) is 5.28. The van der Waals surface area contributed by atoms with Gasteiger partial charge in [-0.15, -0.1) is 5.10 Å². The number of nitrogens with zero attached hydrogens (tertiary/aromatic N) is 3. The standard InChI is InChI=1S/C15H27BN4O3/c1-13(2)14(3,4)23-16(22-13)7-5-9-20-10-12(18-19-20)15(21)6-8-17-11-15/h10,17,21H,5-9,11H2,1-4H3. The van der Waals surface area contributed by atoms with Gasteiger partial charge >= 0.3 is 7.12 Å². The summed E-state index contributed by atoms with van der Waals surface area (Å²) in [6, 6.07) is 0. The van der Waals surface area contributed by atoms with Crippen molar-refractivity contribution in [3.63, 3.8) is 0 Å². The first-order valence-electron chi connectivity index (χ1n) is 8.41. The third-order valence-electron chi connectivity index (χ3n) is 5.28. The first-order chi connectivity index (χ1) is 10.7. The second-order valence-corrected chi connectivity index (χ2v) is 7.65. The van der Waals surface area contributed by atoms with Crippen LogP contribution in [0.5, 0.6) is 0 Å². The van der Waals surface area contributed by atoms with Gasteiger partial charge in [0.2, 0.25) is 0 Å². The molecule has 2 aliphatic rings. The maximum Gasteiger partial charge on any atom is 0.457 e. The molecule has 0 aliphatic carbocycles. The van der Waals surface area contributed by atoms with E-state index in [9.17, 15) is 5.11 Å². The van der Waals surface area contributed by atoms with E-state index in [1.54, 1.807) is 4.68 Å². The molecule has 0 bridgehead atoms. The Hall–Kier alpha value is -0.955. The largest absolute Gasteiger partial charge is 0.457 e. The van der Waals surface area contributed by atoms with Gasteiger partial charge in [0.1, 0.15) is 11.3 Å². The summed E-state index contributed by atoms with van der Waals surface area (Å²) in [6.45, 7) is 10.3. The number of hydrogen-bond donors (Lipinski definition) is 2. The van der Waals surface area contributed by atoms with E-state index >= 15 is 0 Å². The number of hydrogen-bond acceptors (Lipinski definition) is 6. The molecule has 0 saturated carbocycles. The summed E-state index contributed by atoms with van der Waals surface area (Å²) in [4.78, 5) is 0. The Morgan fingerprint density at radius 3 is 2.61 bits per heavy atom. The van der Waals surface area contributed by atoms with Crippen molar-refractivity contribution in [3.8, 4) is 0 Å². The molecule has 1 atom stereocenters. The van der Waals surface area contributed by atoms with Gasteiger partial charge in [-0.3, -0.25) is 4.68 Å². The van der Waals surface area contributed by atoms with Gasteiger partial charge < -0.3 is 19.7 Å². The van der Waals surface area contributed by atoms with Crippen LogP contribution in [0.15, 0.2) is 6.20 Å². The number of aryl methyl sites for hydroxylation is 1. The van der Waals surface area contributed by atoms with Crippen molar-refractivity contribution in [3.05, 3.63) is 11.9 Å². The summed E-state index contributed by atoms with van der Waals surface area (Å²) < 4.78 is 13.8. The van der Waals surface area contributed by atoms with Gasteiger partial charge in [0.25, 0.3) is 0 Å². The summed E-state index contributed by atoms with van der Waals surface area (Å²) in [5.41, 5.74) is -0.782. The van der Waals surface area contributed by atoms with E-state index in [-0.39, 0.29) is 18.3 Å². The Kier molecular flexibility index (Phi) is 4.29. The average Bonchev–Trinajstić information content (AvgIpc) is 3.11. The second kappa shape index (κ2) is 5.84. The van der Waals surface area contributed by atoms with Crippen LogP contribution in [0, 0.1) is 0 Å². The molecule has 8 heteroatoms. The summed E-state index contributed by atoms with van der Waals surface area (Å²) >= 11 is 0. The van der Waals surface area contributed by atoms with Crippen LogP contribution < -0.4 is 5.32 Å². The summed E-state index contributed by atoms with van der Waals surface area (Å²) in [5, 5.41) is 21.9. The fraction of sp³-hybridized carbons (Fsp3) is 0.867. The van der Waals surface area contributed by atoms with Crippen LogP contribution in [-0.2, 0) is 21.5 Å². The lowest BCUT2D eigenvalue weighted by atomic mass is 9.83. The molecule has 128 valence electrons. The molecule has 2 saturated heterocycles. The van der Waals surface area contributed by atoms with E-state index in [0.717, 1.165) is 25.8 Å². The van der Waals surface area contributed by atoms with Crippen molar-refractivity contribution < 1.29 is 14.4 Å². The van der Waals surface area contributed by atoms with Crippen molar-refractivity contribution >= 4 is 7.12 Å². The van der Waals surface area contributed by atoms with Crippen molar-refractivity contribution in [1.29, 1.82) is 0 Å². The molecule has 1 aromatic heterocycles. The van der Waals surface area contributed by atoms with Gasteiger partial charge in [-0.2, -0.15) is 0 Å². The minimum atomic E-state index is -0.871. The Labute approximate surface area is 137 Å². The summed E-state index contributed by atoms with van der Waals surface area (Å²) in [6.07, 6.45) is 4.22. The highest BCUT2D eigenvalue weighted by Crippen LogP contribution is 2.38. The lowest BCUT2D eigenvalue weighted by Gasteiger charge is -2.32. The quantitative estimate of drug-likeness (QED) is 0.785. The van der Waals surface area contributed by atoms with Crippen LogP contribution in [0.2, 0.25) is 6.32 Å². The average molecular weight is 322 g/mol. The highest BCUT2D eigenvalue weighted by Gasteiger charge is 2.50. The zero-order valence-electron chi connectivity index (χ0n) is 14.5. The van der Waals surface area contributed by atoms with E-state index in [2.05, 4.69) is 43.3 Å². The number of nitrogens with one attached hydrogen (secondary N) is 1. The van der Waals surface area contributed by atoms with Crippen molar-refractivity contribution in [2.75, 3.05) is 13.1 Å². The second-order valence-electron chi connectivity index (χ2n) is 7.65. The fourth-order valence-electron chi connectivity index (χ4n) is 3.02.